The molecule has 0 unspecified atom stereocenters. The zero-order valence-electron chi connectivity index (χ0n) is 5.41. The molecule has 11 heavy (non-hydrogen) atoms. The summed E-state index contributed by atoms with van der Waals surface area (Å²) in [7, 11) is 0. The second-order valence-corrected chi connectivity index (χ2v) is 3.25. The van der Waals surface area contributed by atoms with Gasteiger partial charge in [-0.3, -0.25) is 0 Å². The van der Waals surface area contributed by atoms with E-state index in [9.17, 15) is 0 Å². The normalized spacial score (nSPS) is 10.6. The van der Waals surface area contributed by atoms with Crippen LogP contribution in [0.5, 0.6) is 0 Å². The molecule has 0 aliphatic carbocycles. The largest absolute Gasteiger partial charge is 0.397 e. The molecule has 0 fully saturated rings. The number of nitrogen functional groups attached to an aromatic ring is 1. The Morgan fingerprint density at radius 2 is 2.27 bits per heavy atom. The summed E-state index contributed by atoms with van der Waals surface area (Å²) < 4.78 is 4.61. The molecule has 0 aliphatic heterocycles. The number of aromatic nitrogens is 2. The van der Waals surface area contributed by atoms with E-state index in [1.807, 2.05) is 0 Å². The Morgan fingerprint density at radius 3 is 3.00 bits per heavy atom. The highest BCUT2D eigenvalue weighted by Gasteiger charge is 2.05. The highest BCUT2D eigenvalue weighted by molar-refractivity contribution is 7.13. The molecule has 2 rings (SSSR count). The van der Waals surface area contributed by atoms with Crippen molar-refractivity contribution in [1.29, 1.82) is 0 Å². The fourth-order valence-electron chi connectivity index (χ4n) is 0.854. The number of fused-ring (bicyclic) bond motifs is 1. The molecule has 3 nitrogen and oxygen atoms in total. The van der Waals surface area contributed by atoms with E-state index in [-0.39, 0.29) is 0 Å². The number of rotatable bonds is 0. The van der Waals surface area contributed by atoms with Crippen molar-refractivity contribution in [2.75, 3.05) is 5.73 Å². The topological polar surface area (TPSA) is 51.8 Å². The number of hydrogen-bond donors (Lipinski definition) is 1. The van der Waals surface area contributed by atoms with Crippen LogP contribution in [0.25, 0.3) is 10.2 Å². The highest BCUT2D eigenvalue weighted by Crippen LogP contribution is 2.28. The highest BCUT2D eigenvalue weighted by atomic mass is 35.5. The predicted octanol–water partition coefficient (Wildman–Crippen LogP) is 1.93. The first-order valence-corrected chi connectivity index (χ1v) is 4.10. The summed E-state index contributed by atoms with van der Waals surface area (Å²) in [6.07, 6.45) is 0. The Labute approximate surface area is 71.9 Å². The summed E-state index contributed by atoms with van der Waals surface area (Å²) in [5.41, 5.74) is 7.01. The van der Waals surface area contributed by atoms with Crippen molar-refractivity contribution in [3.63, 3.8) is 0 Å². The molecule has 5 heteroatoms. The van der Waals surface area contributed by atoms with Gasteiger partial charge in [-0.25, -0.2) is 0 Å². The fraction of sp³-hybridized carbons (Fsp3) is 0. The first kappa shape index (κ1) is 6.82. The van der Waals surface area contributed by atoms with E-state index in [1.165, 1.54) is 11.5 Å². The van der Waals surface area contributed by atoms with Crippen LogP contribution in [0.2, 0.25) is 5.02 Å². The van der Waals surface area contributed by atoms with Crippen molar-refractivity contribution in [1.82, 2.24) is 9.59 Å². The molecule has 0 saturated carbocycles. The Bertz CT molecular complexity index is 362. The van der Waals surface area contributed by atoms with Gasteiger partial charge in [0.15, 0.2) is 0 Å². The van der Waals surface area contributed by atoms with Crippen LogP contribution in [0.1, 0.15) is 0 Å². The molecule has 0 atom stereocenters. The third-order valence-electron chi connectivity index (χ3n) is 1.39. The third kappa shape index (κ3) is 0.948. The zero-order chi connectivity index (χ0) is 7.84. The van der Waals surface area contributed by atoms with Crippen LogP contribution >= 0.6 is 23.1 Å². The quantitative estimate of drug-likeness (QED) is 0.638. The number of nitrogens with two attached hydrogens (primary N) is 1. The number of anilines is 1. The molecule has 1 heterocycles. The van der Waals surface area contributed by atoms with Crippen LogP contribution in [0, 0.1) is 0 Å². The molecule has 1 aromatic heterocycles. The van der Waals surface area contributed by atoms with E-state index in [4.69, 9.17) is 17.3 Å². The van der Waals surface area contributed by atoms with E-state index in [0.717, 1.165) is 4.70 Å². The van der Waals surface area contributed by atoms with Crippen molar-refractivity contribution in [3.8, 4) is 0 Å². The molecule has 0 radical (unpaired) electrons. The Balaban J connectivity index is 2.96. The number of benzene rings is 1. The van der Waals surface area contributed by atoms with Crippen molar-refractivity contribution in [2.45, 2.75) is 0 Å². The van der Waals surface area contributed by atoms with Gasteiger partial charge >= 0.3 is 0 Å². The second-order valence-electron chi connectivity index (χ2n) is 2.09. The van der Waals surface area contributed by atoms with Gasteiger partial charge in [-0.15, -0.1) is 5.10 Å². The molecule has 56 valence electrons. The molecule has 0 aliphatic rings. The Morgan fingerprint density at radius 1 is 1.45 bits per heavy atom. The van der Waals surface area contributed by atoms with Crippen molar-refractivity contribution >= 4 is 39.0 Å². The summed E-state index contributed by atoms with van der Waals surface area (Å²) in [6.45, 7) is 0. The summed E-state index contributed by atoms with van der Waals surface area (Å²) in [6, 6.07) is 3.48. The van der Waals surface area contributed by atoms with Gasteiger partial charge in [0.2, 0.25) is 0 Å². The minimum absolute atomic E-state index is 0.600. The van der Waals surface area contributed by atoms with Gasteiger partial charge in [-0.2, -0.15) is 0 Å². The maximum atomic E-state index is 5.82. The smallest absolute Gasteiger partial charge is 0.126 e. The number of nitrogens with zero attached hydrogens (tertiary/aromatic N) is 2. The van der Waals surface area contributed by atoms with Gasteiger partial charge in [0.1, 0.15) is 5.52 Å². The first-order chi connectivity index (χ1) is 5.29. The van der Waals surface area contributed by atoms with Gasteiger partial charge in [-0.1, -0.05) is 16.1 Å². The lowest BCUT2D eigenvalue weighted by molar-refractivity contribution is 1.20. The van der Waals surface area contributed by atoms with Crippen molar-refractivity contribution in [3.05, 3.63) is 17.2 Å². The maximum absolute atomic E-state index is 5.82. The molecular formula is C6H4ClN3S. The summed E-state index contributed by atoms with van der Waals surface area (Å²) in [5, 5.41) is 4.44. The average Bonchev–Trinajstić information content (AvgIpc) is 2.45. The van der Waals surface area contributed by atoms with Gasteiger partial charge in [0.05, 0.1) is 15.4 Å². The van der Waals surface area contributed by atoms with Crippen LogP contribution in [0.4, 0.5) is 5.69 Å². The monoisotopic (exact) mass is 185 g/mol. The van der Waals surface area contributed by atoms with Crippen LogP contribution in [-0.4, -0.2) is 9.59 Å². The summed E-state index contributed by atoms with van der Waals surface area (Å²) in [4.78, 5) is 0. The maximum Gasteiger partial charge on any atom is 0.126 e. The van der Waals surface area contributed by atoms with Gasteiger partial charge in [0.25, 0.3) is 0 Å². The van der Waals surface area contributed by atoms with Gasteiger partial charge in [-0.05, 0) is 23.7 Å². The van der Waals surface area contributed by atoms with E-state index >= 15 is 0 Å². The first-order valence-electron chi connectivity index (χ1n) is 2.95. The molecule has 2 aromatic rings. The van der Waals surface area contributed by atoms with Gasteiger partial charge < -0.3 is 5.73 Å². The molecule has 1 aromatic carbocycles. The lowest BCUT2D eigenvalue weighted by Crippen LogP contribution is -1.83. The number of halogens is 1. The third-order valence-corrected chi connectivity index (χ3v) is 2.47. The van der Waals surface area contributed by atoms with E-state index in [2.05, 4.69) is 9.59 Å². The van der Waals surface area contributed by atoms with Crippen LogP contribution in [0.15, 0.2) is 12.1 Å². The predicted molar refractivity (Wildman–Crippen MR) is 46.8 cm³/mol. The van der Waals surface area contributed by atoms with E-state index in [0.29, 0.717) is 16.2 Å². The van der Waals surface area contributed by atoms with Gasteiger partial charge in [0, 0.05) is 0 Å². The zero-order valence-corrected chi connectivity index (χ0v) is 6.99. The molecule has 2 N–H and O–H groups in total. The molecule has 0 spiro atoms. The minimum Gasteiger partial charge on any atom is -0.397 e. The SMILES string of the molecule is Nc1ccc(Cl)c2nnsc12. The van der Waals surface area contributed by atoms with Crippen molar-refractivity contribution < 1.29 is 0 Å². The number of hydrogen-bond acceptors (Lipinski definition) is 4. The molecule has 0 bridgehead atoms. The summed E-state index contributed by atoms with van der Waals surface area (Å²) >= 11 is 7.08. The standard InChI is InChI=1S/C6H4ClN3S/c7-3-1-2-4(8)6-5(3)9-10-11-6/h1-2H,8H2. The van der Waals surface area contributed by atoms with Crippen LogP contribution in [0.3, 0.4) is 0 Å². The fourth-order valence-corrected chi connectivity index (χ4v) is 1.72. The van der Waals surface area contributed by atoms with Crippen molar-refractivity contribution in [2.24, 2.45) is 0 Å². The molecular weight excluding hydrogens is 182 g/mol. The minimum atomic E-state index is 0.600. The van der Waals surface area contributed by atoms with Crippen LogP contribution in [-0.2, 0) is 0 Å². The summed E-state index contributed by atoms with van der Waals surface area (Å²) in [5.74, 6) is 0. The molecule has 0 saturated heterocycles. The van der Waals surface area contributed by atoms with E-state index in [1.54, 1.807) is 12.1 Å². The lowest BCUT2D eigenvalue weighted by atomic mass is 10.3. The Hall–Kier alpha value is -0.870. The lowest BCUT2D eigenvalue weighted by Gasteiger charge is -1.93. The molecule has 0 amide bonds. The Kier molecular flexibility index (Phi) is 1.44. The average molecular weight is 186 g/mol. The second kappa shape index (κ2) is 2.32. The van der Waals surface area contributed by atoms with Crippen LogP contribution < -0.4 is 5.73 Å². The van der Waals surface area contributed by atoms with E-state index < -0.39 is 0 Å².